The van der Waals surface area contributed by atoms with E-state index in [9.17, 15) is 5.11 Å². The van der Waals surface area contributed by atoms with Crippen molar-refractivity contribution in [2.24, 2.45) is 0 Å². The molecule has 64 valence electrons. The molecule has 0 aliphatic carbocycles. The fourth-order valence-electron chi connectivity index (χ4n) is 1.03. The summed E-state index contributed by atoms with van der Waals surface area (Å²) in [6.07, 6.45) is 0. The van der Waals surface area contributed by atoms with E-state index in [0.29, 0.717) is 10.2 Å². The fourth-order valence-corrected chi connectivity index (χ4v) is 1.03. The first-order valence-corrected chi connectivity index (χ1v) is 3.62. The quantitative estimate of drug-likeness (QED) is 0.601. The molecule has 4 radical (unpaired) electrons. The van der Waals surface area contributed by atoms with Crippen molar-refractivity contribution in [2.75, 3.05) is 21.1 Å². The Labute approximate surface area is 90.4 Å². The standard InChI is InChI=1S/C9H13NO.Sn/c1-10(2,3)8-6-4-5-7-9(8)11;/h4-7H,1-3H3;/p+1. The largest absolute Gasteiger partial charge is 0.503 e. The number of rotatable bonds is 1. The Bertz CT molecular complexity index is 255. The minimum absolute atomic E-state index is 0. The molecule has 1 aromatic rings. The first-order valence-electron chi connectivity index (χ1n) is 3.62. The molecule has 2 nitrogen and oxygen atoms in total. The number of phenolic OH excluding ortho intramolecular Hbond substituents is 1. The second-order valence-corrected chi connectivity index (χ2v) is 3.50. The van der Waals surface area contributed by atoms with Gasteiger partial charge in [-0.05, 0) is 6.07 Å². The summed E-state index contributed by atoms with van der Waals surface area (Å²) >= 11 is 0. The molecule has 1 rings (SSSR count). The minimum Gasteiger partial charge on any atom is -0.503 e. The predicted molar refractivity (Wildman–Crippen MR) is 53.4 cm³/mol. The van der Waals surface area contributed by atoms with E-state index in [4.69, 9.17) is 0 Å². The Morgan fingerprint density at radius 3 is 1.92 bits per heavy atom. The van der Waals surface area contributed by atoms with E-state index in [1.54, 1.807) is 6.07 Å². The maximum absolute atomic E-state index is 9.43. The third-order valence-electron chi connectivity index (χ3n) is 1.60. The molecule has 0 aliphatic heterocycles. The van der Waals surface area contributed by atoms with Crippen molar-refractivity contribution in [1.29, 1.82) is 0 Å². The Kier molecular flexibility index (Phi) is 4.06. The molecule has 0 heterocycles. The van der Waals surface area contributed by atoms with E-state index in [0.717, 1.165) is 5.69 Å². The van der Waals surface area contributed by atoms with Gasteiger partial charge in [0.15, 0.2) is 11.4 Å². The average Bonchev–Trinajstić information content (AvgIpc) is 1.86. The molecular weight excluding hydrogens is 257 g/mol. The maximum atomic E-state index is 9.43. The maximum Gasteiger partial charge on any atom is 0.177 e. The summed E-state index contributed by atoms with van der Waals surface area (Å²) in [5.41, 5.74) is 0.938. The van der Waals surface area contributed by atoms with Gasteiger partial charge in [0.05, 0.1) is 21.1 Å². The molecule has 0 fully saturated rings. The van der Waals surface area contributed by atoms with Crippen molar-refractivity contribution in [3.8, 4) is 5.75 Å². The number of phenols is 1. The molecule has 0 bridgehead atoms. The second kappa shape index (κ2) is 4.14. The molecule has 0 amide bonds. The summed E-state index contributed by atoms with van der Waals surface area (Å²) in [4.78, 5) is 0. The summed E-state index contributed by atoms with van der Waals surface area (Å²) in [5, 5.41) is 9.43. The SMILES string of the molecule is C[N+](C)(C)c1ccccc1O.[Sn]. The molecule has 1 aromatic carbocycles. The number of benzene rings is 1. The molecule has 0 aliphatic rings. The van der Waals surface area contributed by atoms with Crippen molar-refractivity contribution >= 4 is 29.6 Å². The molecule has 1 N–H and O–H groups in total. The van der Waals surface area contributed by atoms with Crippen molar-refractivity contribution < 1.29 is 5.11 Å². The molecule has 12 heavy (non-hydrogen) atoms. The van der Waals surface area contributed by atoms with Gasteiger partial charge in [-0.25, -0.2) is 0 Å². The number of hydrogen-bond donors (Lipinski definition) is 1. The molecule has 3 heteroatoms. The third kappa shape index (κ3) is 2.68. The van der Waals surface area contributed by atoms with Crippen molar-refractivity contribution in [3.05, 3.63) is 24.3 Å². The zero-order chi connectivity index (χ0) is 8.48. The smallest absolute Gasteiger partial charge is 0.177 e. The van der Waals surface area contributed by atoms with Gasteiger partial charge in [0.2, 0.25) is 0 Å². The number of quaternary nitrogens is 1. The van der Waals surface area contributed by atoms with E-state index >= 15 is 0 Å². The number of para-hydroxylation sites is 2. The van der Waals surface area contributed by atoms with Crippen LogP contribution in [0.1, 0.15) is 0 Å². The predicted octanol–water partition coefficient (Wildman–Crippen LogP) is 1.21. The van der Waals surface area contributed by atoms with Gasteiger partial charge < -0.3 is 5.11 Å². The number of aromatic hydroxyl groups is 1. The van der Waals surface area contributed by atoms with Crippen LogP contribution in [-0.4, -0.2) is 50.2 Å². The average molecular weight is 271 g/mol. The van der Waals surface area contributed by atoms with Gasteiger partial charge >= 0.3 is 0 Å². The summed E-state index contributed by atoms with van der Waals surface area (Å²) in [5.74, 6) is 0.361. The van der Waals surface area contributed by atoms with Crippen molar-refractivity contribution in [1.82, 2.24) is 4.48 Å². The van der Waals surface area contributed by atoms with Gasteiger partial charge in [0, 0.05) is 30.0 Å². The molecule has 0 spiro atoms. The Morgan fingerprint density at radius 2 is 1.58 bits per heavy atom. The monoisotopic (exact) mass is 272 g/mol. The van der Waals surface area contributed by atoms with E-state index in [-0.39, 0.29) is 23.9 Å². The summed E-state index contributed by atoms with van der Waals surface area (Å²) in [6.45, 7) is 0. The van der Waals surface area contributed by atoms with E-state index in [1.165, 1.54) is 0 Å². The number of nitrogens with zero attached hydrogens (tertiary/aromatic N) is 1. The third-order valence-corrected chi connectivity index (χ3v) is 1.60. The minimum atomic E-state index is 0. The van der Waals surface area contributed by atoms with Crippen LogP contribution < -0.4 is 4.48 Å². The molecule has 0 saturated carbocycles. The van der Waals surface area contributed by atoms with Crippen molar-refractivity contribution in [3.63, 3.8) is 0 Å². The van der Waals surface area contributed by atoms with Gasteiger partial charge in [-0.1, -0.05) is 12.1 Å². The van der Waals surface area contributed by atoms with Crippen molar-refractivity contribution in [2.45, 2.75) is 0 Å². The zero-order valence-corrected chi connectivity index (χ0v) is 10.6. The first-order chi connectivity index (χ1) is 5.02. The Morgan fingerprint density at radius 1 is 1.08 bits per heavy atom. The molecule has 0 unspecified atom stereocenters. The molecular formula is C9H14NOSn+. The van der Waals surface area contributed by atoms with Gasteiger partial charge in [0.25, 0.3) is 0 Å². The number of hydrogen-bond acceptors (Lipinski definition) is 1. The van der Waals surface area contributed by atoms with Crippen LogP contribution >= 0.6 is 0 Å². The van der Waals surface area contributed by atoms with E-state index < -0.39 is 0 Å². The van der Waals surface area contributed by atoms with Gasteiger partial charge in [-0.15, -0.1) is 0 Å². The van der Waals surface area contributed by atoms with E-state index in [1.807, 2.05) is 39.3 Å². The Hall–Kier alpha value is -0.221. The van der Waals surface area contributed by atoms with Crippen LogP contribution in [0, 0.1) is 0 Å². The van der Waals surface area contributed by atoms with Crippen LogP contribution in [0.3, 0.4) is 0 Å². The van der Waals surface area contributed by atoms with Crippen LogP contribution in [0.25, 0.3) is 0 Å². The summed E-state index contributed by atoms with van der Waals surface area (Å²) in [7, 11) is 6.07. The molecule has 0 saturated heterocycles. The Balaban J connectivity index is 0.00000121. The molecule has 0 aromatic heterocycles. The van der Waals surface area contributed by atoms with Crippen LogP contribution in [0.5, 0.6) is 5.75 Å². The summed E-state index contributed by atoms with van der Waals surface area (Å²) < 4.78 is 0.646. The topological polar surface area (TPSA) is 20.2 Å². The van der Waals surface area contributed by atoms with Gasteiger partial charge in [-0.2, -0.15) is 0 Å². The first kappa shape index (κ1) is 11.8. The van der Waals surface area contributed by atoms with Crippen LogP contribution in [0.2, 0.25) is 0 Å². The van der Waals surface area contributed by atoms with Crippen LogP contribution in [-0.2, 0) is 0 Å². The van der Waals surface area contributed by atoms with E-state index in [2.05, 4.69) is 0 Å². The summed E-state index contributed by atoms with van der Waals surface area (Å²) in [6, 6.07) is 7.39. The van der Waals surface area contributed by atoms with Gasteiger partial charge in [-0.3, -0.25) is 4.48 Å². The second-order valence-electron chi connectivity index (χ2n) is 3.50. The van der Waals surface area contributed by atoms with Gasteiger partial charge in [0.1, 0.15) is 0 Å². The van der Waals surface area contributed by atoms with Crippen LogP contribution in [0.4, 0.5) is 5.69 Å². The van der Waals surface area contributed by atoms with Crippen LogP contribution in [0.15, 0.2) is 24.3 Å². The fraction of sp³-hybridized carbons (Fsp3) is 0.333. The zero-order valence-electron chi connectivity index (χ0n) is 7.70. The normalized spacial score (nSPS) is 10.6. The molecule has 0 atom stereocenters.